The highest BCUT2D eigenvalue weighted by molar-refractivity contribution is 5.85. The number of hydrogen-bond donors (Lipinski definition) is 2. The summed E-state index contributed by atoms with van der Waals surface area (Å²) < 4.78 is 5.45. The third kappa shape index (κ3) is 2.88. The number of rotatable bonds is 4. The molecule has 1 aliphatic rings. The van der Waals surface area contributed by atoms with E-state index >= 15 is 0 Å². The molecule has 1 aliphatic heterocycles. The van der Waals surface area contributed by atoms with Gasteiger partial charge in [0.15, 0.2) is 0 Å². The molecule has 0 unspecified atom stereocenters. The molecule has 2 rings (SSSR count). The van der Waals surface area contributed by atoms with Gasteiger partial charge in [0.2, 0.25) is 0 Å². The summed E-state index contributed by atoms with van der Waals surface area (Å²) >= 11 is 0. The summed E-state index contributed by atoms with van der Waals surface area (Å²) in [5, 5.41) is 0. The van der Waals surface area contributed by atoms with E-state index in [-0.39, 0.29) is 18.4 Å². The van der Waals surface area contributed by atoms with Gasteiger partial charge >= 0.3 is 0 Å². The van der Waals surface area contributed by atoms with Crippen molar-refractivity contribution >= 4 is 12.4 Å². The Kier molecular flexibility index (Phi) is 5.06. The first-order valence-electron chi connectivity index (χ1n) is 5.52. The molecule has 0 saturated heterocycles. The molecule has 4 N–H and O–H groups in total. The van der Waals surface area contributed by atoms with Crippen molar-refractivity contribution in [2.24, 2.45) is 11.5 Å². The maximum Gasteiger partial charge on any atom is 0.122 e. The van der Waals surface area contributed by atoms with Crippen LogP contribution in [0.1, 0.15) is 30.0 Å². The average molecular weight is 243 g/mol. The fourth-order valence-electron chi connectivity index (χ4n) is 1.94. The highest BCUT2D eigenvalue weighted by Crippen LogP contribution is 2.28. The van der Waals surface area contributed by atoms with Crippen LogP contribution in [0.15, 0.2) is 18.2 Å². The quantitative estimate of drug-likeness (QED) is 0.846. The lowest BCUT2D eigenvalue weighted by atomic mass is 10.00. The molecule has 0 amide bonds. The van der Waals surface area contributed by atoms with Crippen molar-refractivity contribution in [3.05, 3.63) is 29.3 Å². The maximum absolute atomic E-state index is 6.08. The molecule has 16 heavy (non-hydrogen) atoms. The summed E-state index contributed by atoms with van der Waals surface area (Å²) in [5.74, 6) is 1.02. The van der Waals surface area contributed by atoms with Crippen molar-refractivity contribution < 1.29 is 4.74 Å². The van der Waals surface area contributed by atoms with Crippen LogP contribution < -0.4 is 16.2 Å². The summed E-state index contributed by atoms with van der Waals surface area (Å²) in [6.07, 6.45) is 2.94. The molecule has 1 aromatic carbocycles. The van der Waals surface area contributed by atoms with Crippen LogP contribution in [0.4, 0.5) is 0 Å². The molecule has 0 fully saturated rings. The fourth-order valence-corrected chi connectivity index (χ4v) is 1.94. The van der Waals surface area contributed by atoms with E-state index in [2.05, 4.69) is 12.1 Å². The van der Waals surface area contributed by atoms with E-state index in [0.717, 1.165) is 31.6 Å². The summed E-state index contributed by atoms with van der Waals surface area (Å²) in [7, 11) is 0. The number of benzene rings is 1. The number of fused-ring (bicyclic) bond motifs is 1. The van der Waals surface area contributed by atoms with E-state index in [1.165, 1.54) is 11.1 Å². The lowest BCUT2D eigenvalue weighted by Gasteiger charge is -2.12. The molecular weight excluding hydrogens is 224 g/mol. The first kappa shape index (κ1) is 13.3. The lowest BCUT2D eigenvalue weighted by Crippen LogP contribution is -2.12. The fraction of sp³-hybridized carbons (Fsp3) is 0.500. The van der Waals surface area contributed by atoms with Gasteiger partial charge in [-0.3, -0.25) is 0 Å². The second-order valence-electron chi connectivity index (χ2n) is 4.00. The molecule has 1 atom stereocenters. The van der Waals surface area contributed by atoms with Crippen molar-refractivity contribution in [3.63, 3.8) is 0 Å². The second kappa shape index (κ2) is 6.09. The predicted octanol–water partition coefficient (Wildman–Crippen LogP) is 1.78. The monoisotopic (exact) mass is 242 g/mol. The lowest BCUT2D eigenvalue weighted by molar-refractivity contribution is 0.357. The van der Waals surface area contributed by atoms with Crippen molar-refractivity contribution in [1.29, 1.82) is 0 Å². The standard InChI is InChI=1S/C12H18N2O.ClH/c13-6-1-2-11(14)9-3-4-12-10(8-9)5-7-15-12;/h3-4,8,11H,1-2,5-7,13-14H2;1H/t11-;/m1./s1. The molecule has 90 valence electrons. The van der Waals surface area contributed by atoms with Crippen molar-refractivity contribution in [1.82, 2.24) is 0 Å². The number of hydrogen-bond acceptors (Lipinski definition) is 3. The van der Waals surface area contributed by atoms with Crippen LogP contribution in [0.2, 0.25) is 0 Å². The van der Waals surface area contributed by atoms with Gasteiger partial charge in [0.05, 0.1) is 6.61 Å². The Labute approximate surface area is 103 Å². The van der Waals surface area contributed by atoms with Crippen LogP contribution in [-0.4, -0.2) is 13.2 Å². The predicted molar refractivity (Wildman–Crippen MR) is 68.1 cm³/mol. The van der Waals surface area contributed by atoms with Gasteiger partial charge in [0.1, 0.15) is 5.75 Å². The van der Waals surface area contributed by atoms with Crippen LogP contribution in [0.5, 0.6) is 5.75 Å². The van der Waals surface area contributed by atoms with Crippen LogP contribution >= 0.6 is 12.4 Å². The zero-order chi connectivity index (χ0) is 10.7. The Morgan fingerprint density at radius 2 is 2.19 bits per heavy atom. The molecule has 1 heterocycles. The summed E-state index contributed by atoms with van der Waals surface area (Å²) in [5.41, 5.74) is 14.0. The first-order valence-corrected chi connectivity index (χ1v) is 5.52. The minimum Gasteiger partial charge on any atom is -0.493 e. The molecule has 0 bridgehead atoms. The van der Waals surface area contributed by atoms with E-state index in [1.807, 2.05) is 6.07 Å². The third-order valence-corrected chi connectivity index (χ3v) is 2.86. The van der Waals surface area contributed by atoms with Gasteiger partial charge in [-0.05, 0) is 36.6 Å². The highest BCUT2D eigenvalue weighted by Gasteiger charge is 2.14. The van der Waals surface area contributed by atoms with Crippen LogP contribution in [0.25, 0.3) is 0 Å². The number of halogens is 1. The Balaban J connectivity index is 0.00000128. The maximum atomic E-state index is 6.08. The van der Waals surface area contributed by atoms with E-state index in [0.29, 0.717) is 6.54 Å². The van der Waals surface area contributed by atoms with Crippen molar-refractivity contribution in [3.8, 4) is 5.75 Å². The van der Waals surface area contributed by atoms with Gasteiger partial charge in [-0.2, -0.15) is 0 Å². The van der Waals surface area contributed by atoms with Gasteiger partial charge in [0.25, 0.3) is 0 Å². The molecular formula is C12H19ClN2O. The molecule has 0 aliphatic carbocycles. The molecule has 0 aromatic heterocycles. The topological polar surface area (TPSA) is 61.3 Å². The molecule has 4 heteroatoms. The SMILES string of the molecule is Cl.NCCC[C@@H](N)c1ccc2c(c1)CCO2. The zero-order valence-electron chi connectivity index (χ0n) is 9.32. The number of nitrogens with two attached hydrogens (primary N) is 2. The molecule has 0 spiro atoms. The second-order valence-corrected chi connectivity index (χ2v) is 4.00. The third-order valence-electron chi connectivity index (χ3n) is 2.86. The minimum absolute atomic E-state index is 0. The van der Waals surface area contributed by atoms with Gasteiger partial charge in [-0.25, -0.2) is 0 Å². The van der Waals surface area contributed by atoms with Gasteiger partial charge in [0, 0.05) is 12.5 Å². The average Bonchev–Trinajstić information content (AvgIpc) is 2.72. The summed E-state index contributed by atoms with van der Waals surface area (Å²) in [6.45, 7) is 1.51. The molecule has 3 nitrogen and oxygen atoms in total. The Morgan fingerprint density at radius 3 is 2.94 bits per heavy atom. The first-order chi connectivity index (χ1) is 7.31. The van der Waals surface area contributed by atoms with E-state index in [9.17, 15) is 0 Å². The van der Waals surface area contributed by atoms with E-state index in [1.54, 1.807) is 0 Å². The van der Waals surface area contributed by atoms with Gasteiger partial charge < -0.3 is 16.2 Å². The Bertz CT molecular complexity index is 344. The summed E-state index contributed by atoms with van der Waals surface area (Å²) in [4.78, 5) is 0. The van der Waals surface area contributed by atoms with Crippen molar-refractivity contribution in [2.75, 3.05) is 13.2 Å². The molecule has 1 aromatic rings. The van der Waals surface area contributed by atoms with Gasteiger partial charge in [-0.15, -0.1) is 12.4 Å². The Hall–Kier alpha value is -0.770. The highest BCUT2D eigenvalue weighted by atomic mass is 35.5. The van der Waals surface area contributed by atoms with E-state index < -0.39 is 0 Å². The van der Waals surface area contributed by atoms with Crippen LogP contribution in [-0.2, 0) is 6.42 Å². The molecule has 0 saturated carbocycles. The largest absolute Gasteiger partial charge is 0.493 e. The van der Waals surface area contributed by atoms with Crippen LogP contribution in [0, 0.1) is 0 Å². The molecule has 0 radical (unpaired) electrons. The number of ether oxygens (including phenoxy) is 1. The Morgan fingerprint density at radius 1 is 1.38 bits per heavy atom. The smallest absolute Gasteiger partial charge is 0.122 e. The summed E-state index contributed by atoms with van der Waals surface area (Å²) in [6, 6.07) is 6.37. The zero-order valence-corrected chi connectivity index (χ0v) is 10.1. The van der Waals surface area contributed by atoms with Crippen LogP contribution in [0.3, 0.4) is 0 Å². The van der Waals surface area contributed by atoms with Crippen molar-refractivity contribution in [2.45, 2.75) is 25.3 Å². The normalized spacial score (nSPS) is 14.9. The van der Waals surface area contributed by atoms with E-state index in [4.69, 9.17) is 16.2 Å². The van der Waals surface area contributed by atoms with Gasteiger partial charge in [-0.1, -0.05) is 12.1 Å². The minimum atomic E-state index is 0.